The molecule has 0 aromatic heterocycles. The van der Waals surface area contributed by atoms with Crippen molar-refractivity contribution in [3.8, 4) is 0 Å². The Kier molecular flexibility index (Phi) is 7.30. The molecule has 2 aliphatic rings. The Labute approximate surface area is 154 Å². The summed E-state index contributed by atoms with van der Waals surface area (Å²) < 4.78 is 14.0. The van der Waals surface area contributed by atoms with Crippen molar-refractivity contribution in [3.05, 3.63) is 0 Å². The van der Waals surface area contributed by atoms with Crippen LogP contribution in [0.3, 0.4) is 0 Å². The lowest BCUT2D eigenvalue weighted by Gasteiger charge is -2.35. The average Bonchev–Trinajstić information content (AvgIpc) is 2.88. The van der Waals surface area contributed by atoms with Crippen LogP contribution in [0.25, 0.3) is 0 Å². The highest BCUT2D eigenvalue weighted by Crippen LogP contribution is 2.36. The summed E-state index contributed by atoms with van der Waals surface area (Å²) in [5.74, 6) is 1.02. The zero-order valence-electron chi connectivity index (χ0n) is 16.9. The second-order valence-electron chi connectivity index (χ2n) is 9.49. The van der Waals surface area contributed by atoms with Crippen LogP contribution in [0.2, 0.25) is 0 Å². The van der Waals surface area contributed by atoms with Crippen molar-refractivity contribution in [2.75, 3.05) is 26.2 Å². The van der Waals surface area contributed by atoms with Gasteiger partial charge in [-0.3, -0.25) is 4.79 Å². The molecule has 0 aromatic rings. The molecule has 25 heavy (non-hydrogen) atoms. The number of nitrogens with one attached hydrogen (secondary N) is 1. The number of halogens is 1. The van der Waals surface area contributed by atoms with Crippen LogP contribution in [0.4, 0.5) is 4.39 Å². The molecule has 0 aromatic carbocycles. The van der Waals surface area contributed by atoms with Crippen LogP contribution < -0.4 is 5.32 Å². The maximum atomic E-state index is 14.0. The summed E-state index contributed by atoms with van der Waals surface area (Å²) in [6.07, 6.45) is 9.15. The van der Waals surface area contributed by atoms with Crippen LogP contribution >= 0.6 is 0 Å². The Morgan fingerprint density at radius 1 is 1.16 bits per heavy atom. The first-order valence-electron chi connectivity index (χ1n) is 10.4. The van der Waals surface area contributed by atoms with E-state index in [4.69, 9.17) is 0 Å². The fourth-order valence-electron chi connectivity index (χ4n) is 4.42. The minimum Gasteiger partial charge on any atom is -0.355 e. The standard InChI is InChI=1S/C21H39FN2O/c1-17-11-13-24(16-20(2,3)22)14-12-21(17,4)15-23-19(25)18-9-7-5-6-8-10-18/h17-18H,5-16H2,1-4H3,(H,23,25). The van der Waals surface area contributed by atoms with E-state index < -0.39 is 5.67 Å². The minimum absolute atomic E-state index is 0.107. The topological polar surface area (TPSA) is 32.3 Å². The molecule has 1 aliphatic carbocycles. The van der Waals surface area contributed by atoms with Crippen molar-refractivity contribution in [1.82, 2.24) is 10.2 Å². The first kappa shape index (κ1) is 20.7. The molecule has 1 amide bonds. The largest absolute Gasteiger partial charge is 0.355 e. The fraction of sp³-hybridized carbons (Fsp3) is 0.952. The zero-order valence-corrected chi connectivity index (χ0v) is 16.9. The number of nitrogens with zero attached hydrogens (tertiary/aromatic N) is 1. The van der Waals surface area contributed by atoms with E-state index in [-0.39, 0.29) is 17.2 Å². The third-order valence-corrected chi connectivity index (χ3v) is 6.56. The van der Waals surface area contributed by atoms with Gasteiger partial charge in [-0.1, -0.05) is 39.5 Å². The average molecular weight is 355 g/mol. The lowest BCUT2D eigenvalue weighted by molar-refractivity contribution is -0.126. The van der Waals surface area contributed by atoms with Crippen LogP contribution in [-0.2, 0) is 4.79 Å². The summed E-state index contributed by atoms with van der Waals surface area (Å²) in [5, 5.41) is 3.28. The monoisotopic (exact) mass is 354 g/mol. The highest BCUT2D eigenvalue weighted by Gasteiger charge is 2.36. The van der Waals surface area contributed by atoms with Gasteiger partial charge in [-0.2, -0.15) is 0 Å². The smallest absolute Gasteiger partial charge is 0.223 e. The van der Waals surface area contributed by atoms with E-state index in [1.54, 1.807) is 13.8 Å². The molecule has 0 radical (unpaired) electrons. The van der Waals surface area contributed by atoms with Gasteiger partial charge < -0.3 is 10.2 Å². The quantitative estimate of drug-likeness (QED) is 0.734. The van der Waals surface area contributed by atoms with Crippen LogP contribution in [-0.4, -0.2) is 42.7 Å². The predicted molar refractivity (Wildman–Crippen MR) is 102 cm³/mol. The number of rotatable bonds is 5. The van der Waals surface area contributed by atoms with E-state index in [1.165, 1.54) is 25.7 Å². The maximum absolute atomic E-state index is 14.0. The molecule has 4 heteroatoms. The molecule has 2 rings (SSSR count). The molecule has 2 atom stereocenters. The van der Waals surface area contributed by atoms with Gasteiger partial charge in [-0.15, -0.1) is 0 Å². The molecule has 1 N–H and O–H groups in total. The number of amides is 1. The van der Waals surface area contributed by atoms with Crippen LogP contribution in [0.1, 0.15) is 79.1 Å². The molecule has 1 saturated carbocycles. The Hall–Kier alpha value is -0.640. The fourth-order valence-corrected chi connectivity index (χ4v) is 4.42. The van der Waals surface area contributed by atoms with Gasteiger partial charge in [0.25, 0.3) is 0 Å². The molecule has 2 unspecified atom stereocenters. The van der Waals surface area contributed by atoms with Gasteiger partial charge in [0.05, 0.1) is 0 Å². The molecule has 0 bridgehead atoms. The summed E-state index contributed by atoms with van der Waals surface area (Å²) >= 11 is 0. The van der Waals surface area contributed by atoms with Crippen molar-refractivity contribution >= 4 is 5.91 Å². The third kappa shape index (κ3) is 6.54. The van der Waals surface area contributed by atoms with Crippen molar-refractivity contribution < 1.29 is 9.18 Å². The van der Waals surface area contributed by atoms with Gasteiger partial charge in [0, 0.05) is 19.0 Å². The second-order valence-corrected chi connectivity index (χ2v) is 9.49. The first-order chi connectivity index (χ1) is 11.7. The Morgan fingerprint density at radius 3 is 2.40 bits per heavy atom. The second kappa shape index (κ2) is 8.83. The van der Waals surface area contributed by atoms with Crippen molar-refractivity contribution in [3.63, 3.8) is 0 Å². The third-order valence-electron chi connectivity index (χ3n) is 6.56. The molecule has 3 nitrogen and oxygen atoms in total. The van der Waals surface area contributed by atoms with Gasteiger partial charge in [0.2, 0.25) is 5.91 Å². The predicted octanol–water partition coefficient (Wildman–Crippen LogP) is 4.56. The van der Waals surface area contributed by atoms with E-state index in [1.807, 2.05) is 0 Å². The number of alkyl halides is 1. The van der Waals surface area contributed by atoms with E-state index in [9.17, 15) is 9.18 Å². The molecule has 1 aliphatic heterocycles. The van der Waals surface area contributed by atoms with Gasteiger partial charge in [0.15, 0.2) is 0 Å². The summed E-state index contributed by atoms with van der Waals surface area (Å²) in [7, 11) is 0. The lowest BCUT2D eigenvalue weighted by Crippen LogP contribution is -2.42. The van der Waals surface area contributed by atoms with Crippen molar-refractivity contribution in [2.24, 2.45) is 17.3 Å². The van der Waals surface area contributed by atoms with E-state index in [2.05, 4.69) is 24.1 Å². The molecule has 2 fully saturated rings. The van der Waals surface area contributed by atoms with Crippen LogP contribution in [0.5, 0.6) is 0 Å². The summed E-state index contributed by atoms with van der Waals surface area (Å²) in [6, 6.07) is 0. The van der Waals surface area contributed by atoms with Gasteiger partial charge in [-0.25, -0.2) is 4.39 Å². The van der Waals surface area contributed by atoms with Gasteiger partial charge >= 0.3 is 0 Å². The lowest BCUT2D eigenvalue weighted by atomic mass is 9.74. The normalized spacial score (nSPS) is 30.5. The van der Waals surface area contributed by atoms with E-state index in [0.717, 1.165) is 45.3 Å². The minimum atomic E-state index is -1.14. The van der Waals surface area contributed by atoms with Crippen LogP contribution in [0, 0.1) is 17.3 Å². The van der Waals surface area contributed by atoms with Crippen LogP contribution in [0.15, 0.2) is 0 Å². The molecule has 1 saturated heterocycles. The molecule has 146 valence electrons. The summed E-state index contributed by atoms with van der Waals surface area (Å²) in [5.41, 5.74) is -1.03. The summed E-state index contributed by atoms with van der Waals surface area (Å²) in [6.45, 7) is 11.1. The highest BCUT2D eigenvalue weighted by molar-refractivity contribution is 5.78. The number of carbonyl (C=O) groups is 1. The SMILES string of the molecule is CC1CCN(CC(C)(C)F)CCC1(C)CNC(=O)C1CCCCCC1. The molecular formula is C21H39FN2O. The zero-order chi connectivity index (χ0) is 18.5. The number of likely N-dealkylation sites (tertiary alicyclic amines) is 1. The maximum Gasteiger partial charge on any atom is 0.223 e. The molecule has 1 heterocycles. The summed E-state index contributed by atoms with van der Waals surface area (Å²) in [4.78, 5) is 14.9. The van der Waals surface area contributed by atoms with E-state index in [0.29, 0.717) is 12.5 Å². The highest BCUT2D eigenvalue weighted by atomic mass is 19.1. The Balaban J connectivity index is 1.87. The number of hydrogen-bond acceptors (Lipinski definition) is 2. The van der Waals surface area contributed by atoms with Crippen molar-refractivity contribution in [2.45, 2.75) is 84.7 Å². The number of carbonyl (C=O) groups excluding carboxylic acids is 1. The first-order valence-corrected chi connectivity index (χ1v) is 10.4. The Bertz CT molecular complexity index is 426. The molecular weight excluding hydrogens is 315 g/mol. The molecule has 0 spiro atoms. The number of hydrogen-bond donors (Lipinski definition) is 1. The van der Waals surface area contributed by atoms with Gasteiger partial charge in [0.1, 0.15) is 5.67 Å². The van der Waals surface area contributed by atoms with Gasteiger partial charge in [-0.05, 0) is 64.0 Å². The Morgan fingerprint density at radius 2 is 1.80 bits per heavy atom. The van der Waals surface area contributed by atoms with Crippen molar-refractivity contribution in [1.29, 1.82) is 0 Å². The van der Waals surface area contributed by atoms with E-state index >= 15 is 0 Å².